The Morgan fingerprint density at radius 2 is 1.71 bits per heavy atom. The number of para-hydroxylation sites is 1. The van der Waals surface area contributed by atoms with Crippen LogP contribution in [-0.2, 0) is 4.74 Å². The van der Waals surface area contributed by atoms with Crippen LogP contribution in [-0.4, -0.2) is 22.1 Å². The largest absolute Gasteiger partial charge is 0.461 e. The van der Waals surface area contributed by atoms with Crippen molar-refractivity contribution >= 4 is 5.97 Å². The Hall–Kier alpha value is -2.88. The monoisotopic (exact) mass is 320 g/mol. The highest BCUT2D eigenvalue weighted by molar-refractivity contribution is 5.91. The van der Waals surface area contributed by atoms with E-state index in [-0.39, 0.29) is 5.97 Å². The van der Waals surface area contributed by atoms with Gasteiger partial charge in [0.25, 0.3) is 0 Å². The van der Waals surface area contributed by atoms with E-state index in [0.717, 1.165) is 22.6 Å². The first-order valence-electron chi connectivity index (χ1n) is 8.01. The Bertz CT molecular complexity index is 867. The number of benzene rings is 2. The van der Waals surface area contributed by atoms with Crippen molar-refractivity contribution in [1.29, 1.82) is 0 Å². The van der Waals surface area contributed by atoms with Gasteiger partial charge in [-0.15, -0.1) is 0 Å². The molecule has 0 spiro atoms. The zero-order valence-corrected chi connectivity index (χ0v) is 14.1. The predicted octanol–water partition coefficient (Wildman–Crippen LogP) is 4.33. The Balaban J connectivity index is 2.30. The van der Waals surface area contributed by atoms with Crippen LogP contribution in [0.2, 0.25) is 0 Å². The van der Waals surface area contributed by atoms with E-state index in [4.69, 9.17) is 4.74 Å². The summed E-state index contributed by atoms with van der Waals surface area (Å²) in [6, 6.07) is 17.8. The molecule has 4 heteroatoms. The Labute approximate surface area is 141 Å². The van der Waals surface area contributed by atoms with Crippen molar-refractivity contribution < 1.29 is 9.53 Å². The minimum Gasteiger partial charge on any atom is -0.461 e. The van der Waals surface area contributed by atoms with Crippen molar-refractivity contribution in [2.75, 3.05) is 6.61 Å². The van der Waals surface area contributed by atoms with Crippen LogP contribution in [0.3, 0.4) is 0 Å². The maximum atomic E-state index is 12.5. The van der Waals surface area contributed by atoms with Crippen molar-refractivity contribution in [1.82, 2.24) is 9.55 Å². The minimum atomic E-state index is -0.354. The van der Waals surface area contributed by atoms with Gasteiger partial charge in [0.2, 0.25) is 0 Å². The first-order valence-corrected chi connectivity index (χ1v) is 8.01. The molecule has 0 saturated heterocycles. The molecule has 0 unspecified atom stereocenters. The summed E-state index contributed by atoms with van der Waals surface area (Å²) in [6.45, 7) is 6.00. The average molecular weight is 320 g/mol. The van der Waals surface area contributed by atoms with E-state index in [1.54, 1.807) is 6.92 Å². The summed E-state index contributed by atoms with van der Waals surface area (Å²) in [6.07, 6.45) is 0. The standard InChI is InChI=1S/C20H20N2O2/c1-4-24-20(23)18-15(3)21-19(16-11-6-5-7-12-16)22(18)17-13-9-8-10-14(17)2/h5-13H,4H2,1-3H3. The number of rotatable bonds is 4. The lowest BCUT2D eigenvalue weighted by Gasteiger charge is -2.14. The topological polar surface area (TPSA) is 44.1 Å². The van der Waals surface area contributed by atoms with E-state index >= 15 is 0 Å². The number of nitrogens with zero attached hydrogens (tertiary/aromatic N) is 2. The van der Waals surface area contributed by atoms with Gasteiger partial charge in [-0.05, 0) is 32.4 Å². The molecular formula is C20H20N2O2. The van der Waals surface area contributed by atoms with E-state index in [0.29, 0.717) is 18.0 Å². The van der Waals surface area contributed by atoms with Gasteiger partial charge >= 0.3 is 5.97 Å². The molecule has 2 aromatic carbocycles. The lowest BCUT2D eigenvalue weighted by atomic mass is 10.1. The van der Waals surface area contributed by atoms with Crippen LogP contribution in [0, 0.1) is 13.8 Å². The summed E-state index contributed by atoms with van der Waals surface area (Å²) in [5.74, 6) is 0.387. The summed E-state index contributed by atoms with van der Waals surface area (Å²) < 4.78 is 7.16. The van der Waals surface area contributed by atoms with Crippen molar-refractivity contribution in [3.05, 3.63) is 71.5 Å². The Kier molecular flexibility index (Phi) is 4.47. The third-order valence-electron chi connectivity index (χ3n) is 3.91. The molecule has 1 aromatic heterocycles. The highest BCUT2D eigenvalue weighted by atomic mass is 16.5. The number of hydrogen-bond acceptors (Lipinski definition) is 3. The van der Waals surface area contributed by atoms with E-state index in [2.05, 4.69) is 4.98 Å². The Morgan fingerprint density at radius 1 is 1.04 bits per heavy atom. The molecule has 0 radical (unpaired) electrons. The second-order valence-electron chi connectivity index (χ2n) is 5.58. The van der Waals surface area contributed by atoms with Gasteiger partial charge in [-0.3, -0.25) is 4.57 Å². The van der Waals surface area contributed by atoms with Gasteiger partial charge in [-0.1, -0.05) is 48.5 Å². The number of imidazole rings is 1. The third kappa shape index (κ3) is 2.83. The molecule has 0 saturated carbocycles. The van der Waals surface area contributed by atoms with Crippen LogP contribution in [0.25, 0.3) is 17.1 Å². The van der Waals surface area contributed by atoms with Crippen LogP contribution in [0.4, 0.5) is 0 Å². The number of carbonyl (C=O) groups excluding carboxylic acids is 1. The molecule has 1 heterocycles. The summed E-state index contributed by atoms with van der Waals surface area (Å²) in [4.78, 5) is 17.2. The zero-order valence-electron chi connectivity index (χ0n) is 14.1. The third-order valence-corrected chi connectivity index (χ3v) is 3.91. The summed E-state index contributed by atoms with van der Waals surface area (Å²) >= 11 is 0. The second kappa shape index (κ2) is 6.71. The van der Waals surface area contributed by atoms with Crippen LogP contribution < -0.4 is 0 Å². The van der Waals surface area contributed by atoms with Gasteiger partial charge in [0.05, 0.1) is 18.0 Å². The van der Waals surface area contributed by atoms with Gasteiger partial charge < -0.3 is 4.74 Å². The zero-order chi connectivity index (χ0) is 17.1. The van der Waals surface area contributed by atoms with E-state index in [1.165, 1.54) is 0 Å². The van der Waals surface area contributed by atoms with Gasteiger partial charge in [0.15, 0.2) is 5.69 Å². The number of esters is 1. The maximum Gasteiger partial charge on any atom is 0.357 e. The first kappa shape index (κ1) is 16.0. The highest BCUT2D eigenvalue weighted by Crippen LogP contribution is 2.28. The summed E-state index contributed by atoms with van der Waals surface area (Å²) in [5.41, 5.74) is 4.09. The van der Waals surface area contributed by atoms with Crippen LogP contribution >= 0.6 is 0 Å². The second-order valence-corrected chi connectivity index (χ2v) is 5.58. The molecular weight excluding hydrogens is 300 g/mol. The molecule has 0 atom stereocenters. The molecule has 3 aromatic rings. The highest BCUT2D eigenvalue weighted by Gasteiger charge is 2.24. The molecule has 24 heavy (non-hydrogen) atoms. The number of hydrogen-bond donors (Lipinski definition) is 0. The molecule has 122 valence electrons. The normalized spacial score (nSPS) is 10.6. The average Bonchev–Trinajstić information content (AvgIpc) is 2.93. The van der Waals surface area contributed by atoms with Crippen LogP contribution in [0.1, 0.15) is 28.7 Å². The SMILES string of the molecule is CCOC(=O)c1c(C)nc(-c2ccccc2)n1-c1ccccc1C. The van der Waals surface area contributed by atoms with E-state index in [9.17, 15) is 4.79 Å². The van der Waals surface area contributed by atoms with E-state index < -0.39 is 0 Å². The molecule has 0 aliphatic carbocycles. The predicted molar refractivity (Wildman–Crippen MR) is 94.4 cm³/mol. The lowest BCUT2D eigenvalue weighted by Crippen LogP contribution is -2.13. The van der Waals surface area contributed by atoms with Gasteiger partial charge in [-0.25, -0.2) is 9.78 Å². The van der Waals surface area contributed by atoms with Crippen LogP contribution in [0.15, 0.2) is 54.6 Å². The summed E-state index contributed by atoms with van der Waals surface area (Å²) in [7, 11) is 0. The fraction of sp³-hybridized carbons (Fsp3) is 0.200. The molecule has 0 fully saturated rings. The van der Waals surface area contributed by atoms with Crippen LogP contribution in [0.5, 0.6) is 0 Å². The molecule has 0 bridgehead atoms. The fourth-order valence-corrected chi connectivity index (χ4v) is 2.80. The van der Waals surface area contributed by atoms with E-state index in [1.807, 2.05) is 73.0 Å². The molecule has 0 aliphatic heterocycles. The Morgan fingerprint density at radius 3 is 2.38 bits per heavy atom. The van der Waals surface area contributed by atoms with Crippen molar-refractivity contribution in [3.63, 3.8) is 0 Å². The summed E-state index contributed by atoms with van der Waals surface area (Å²) in [5, 5.41) is 0. The number of carbonyl (C=O) groups is 1. The lowest BCUT2D eigenvalue weighted by molar-refractivity contribution is 0.0516. The number of aromatic nitrogens is 2. The maximum absolute atomic E-state index is 12.5. The minimum absolute atomic E-state index is 0.331. The smallest absolute Gasteiger partial charge is 0.357 e. The molecule has 4 nitrogen and oxygen atoms in total. The van der Waals surface area contributed by atoms with Gasteiger partial charge in [-0.2, -0.15) is 0 Å². The number of ether oxygens (including phenoxy) is 1. The quantitative estimate of drug-likeness (QED) is 0.672. The molecule has 3 rings (SSSR count). The number of aryl methyl sites for hydroxylation is 2. The first-order chi connectivity index (χ1) is 11.6. The van der Waals surface area contributed by atoms with Crippen molar-refractivity contribution in [3.8, 4) is 17.1 Å². The van der Waals surface area contributed by atoms with Gasteiger partial charge in [0.1, 0.15) is 5.82 Å². The van der Waals surface area contributed by atoms with Gasteiger partial charge in [0, 0.05) is 5.56 Å². The van der Waals surface area contributed by atoms with Crippen molar-refractivity contribution in [2.24, 2.45) is 0 Å². The molecule has 0 N–H and O–H groups in total. The molecule has 0 amide bonds. The van der Waals surface area contributed by atoms with Crippen molar-refractivity contribution in [2.45, 2.75) is 20.8 Å². The fourth-order valence-electron chi connectivity index (χ4n) is 2.80. The molecule has 0 aliphatic rings.